The van der Waals surface area contributed by atoms with Gasteiger partial charge in [0.15, 0.2) is 0 Å². The molecule has 4 aromatic rings. The van der Waals surface area contributed by atoms with E-state index in [4.69, 9.17) is 15.6 Å². The van der Waals surface area contributed by atoms with Gasteiger partial charge in [0.05, 0.1) is 17.1 Å². The van der Waals surface area contributed by atoms with Crippen LogP contribution in [0, 0.1) is 12.7 Å². The Balaban J connectivity index is 1.53. The van der Waals surface area contributed by atoms with Crippen molar-refractivity contribution in [3.63, 3.8) is 0 Å². The number of aryl methyl sites for hydroxylation is 1. The molecule has 2 aromatic carbocycles. The molecule has 0 bridgehead atoms. The van der Waals surface area contributed by atoms with E-state index < -0.39 is 11.8 Å². The van der Waals surface area contributed by atoms with E-state index in [1.807, 2.05) is 58.0 Å². The third-order valence-corrected chi connectivity index (χ3v) is 5.14. The Hall–Kier alpha value is -4.40. The summed E-state index contributed by atoms with van der Waals surface area (Å²) >= 11 is 0. The molecular formula is C26H27FN6O2. The van der Waals surface area contributed by atoms with Crippen LogP contribution >= 0.6 is 0 Å². The second-order valence-electron chi connectivity index (χ2n) is 9.15. The van der Waals surface area contributed by atoms with Crippen molar-refractivity contribution in [2.24, 2.45) is 0 Å². The minimum Gasteiger partial charge on any atom is -0.457 e. The average molecular weight is 475 g/mol. The van der Waals surface area contributed by atoms with Crippen molar-refractivity contribution >= 4 is 23.4 Å². The van der Waals surface area contributed by atoms with Crippen LogP contribution < -0.4 is 21.1 Å². The lowest BCUT2D eigenvalue weighted by atomic mass is 9.92. The first-order valence-corrected chi connectivity index (χ1v) is 11.0. The second-order valence-corrected chi connectivity index (χ2v) is 9.15. The van der Waals surface area contributed by atoms with Crippen LogP contribution in [0.2, 0.25) is 0 Å². The molecule has 0 unspecified atom stereocenters. The first kappa shape index (κ1) is 23.7. The molecule has 4 N–H and O–H groups in total. The topological polar surface area (TPSA) is 107 Å². The molecule has 35 heavy (non-hydrogen) atoms. The molecule has 0 aliphatic heterocycles. The van der Waals surface area contributed by atoms with Gasteiger partial charge in [0.2, 0.25) is 0 Å². The average Bonchev–Trinajstić information content (AvgIpc) is 3.20. The third kappa shape index (κ3) is 5.75. The van der Waals surface area contributed by atoms with Crippen molar-refractivity contribution in [2.45, 2.75) is 33.1 Å². The standard InChI is InChI=1S/C26H27FN6O2/c1-16-6-5-7-17(12-16)33-24(15-22(32-33)26(2,3)4)31-25(34)30-21-9-8-18(13-20(21)27)35-19-10-11-29-23(28)14-19/h5-15H,1-4H3,(H2,28,29)(H2,30,31,34). The molecule has 8 nitrogen and oxygen atoms in total. The Morgan fingerprint density at radius 1 is 1.03 bits per heavy atom. The van der Waals surface area contributed by atoms with Crippen LogP contribution in [0.3, 0.4) is 0 Å². The highest BCUT2D eigenvalue weighted by Crippen LogP contribution is 2.28. The van der Waals surface area contributed by atoms with Gasteiger partial charge in [0, 0.05) is 29.8 Å². The molecule has 0 saturated carbocycles. The molecule has 9 heteroatoms. The van der Waals surface area contributed by atoms with E-state index in [-0.39, 0.29) is 22.7 Å². The van der Waals surface area contributed by atoms with Crippen LogP contribution in [0.15, 0.2) is 66.9 Å². The van der Waals surface area contributed by atoms with E-state index in [0.29, 0.717) is 11.6 Å². The second kappa shape index (κ2) is 9.46. The van der Waals surface area contributed by atoms with Crippen molar-refractivity contribution < 1.29 is 13.9 Å². The van der Waals surface area contributed by atoms with Crippen molar-refractivity contribution in [3.8, 4) is 17.2 Å². The summed E-state index contributed by atoms with van der Waals surface area (Å²) in [5.41, 5.74) is 8.08. The van der Waals surface area contributed by atoms with Crippen molar-refractivity contribution in [1.29, 1.82) is 0 Å². The van der Waals surface area contributed by atoms with E-state index in [1.54, 1.807) is 16.8 Å². The summed E-state index contributed by atoms with van der Waals surface area (Å²) in [5, 5.41) is 10.0. The molecule has 0 fully saturated rings. The number of ether oxygens (including phenoxy) is 1. The predicted molar refractivity (Wildman–Crippen MR) is 135 cm³/mol. The Morgan fingerprint density at radius 3 is 2.49 bits per heavy atom. The molecule has 0 saturated heterocycles. The van der Waals surface area contributed by atoms with Gasteiger partial charge in [-0.2, -0.15) is 5.10 Å². The molecule has 0 aliphatic carbocycles. The number of halogens is 1. The van der Waals surface area contributed by atoms with E-state index in [2.05, 4.69) is 15.6 Å². The van der Waals surface area contributed by atoms with Gasteiger partial charge in [0.1, 0.15) is 29.0 Å². The number of nitrogens with two attached hydrogens (primary N) is 1. The Bertz CT molecular complexity index is 1380. The van der Waals surface area contributed by atoms with Gasteiger partial charge >= 0.3 is 6.03 Å². The van der Waals surface area contributed by atoms with Crippen LogP contribution in [-0.2, 0) is 5.41 Å². The third-order valence-electron chi connectivity index (χ3n) is 5.14. The zero-order valence-corrected chi connectivity index (χ0v) is 20.0. The maximum atomic E-state index is 14.7. The number of pyridine rings is 1. The van der Waals surface area contributed by atoms with Gasteiger partial charge < -0.3 is 15.8 Å². The molecule has 2 amide bonds. The molecule has 2 heterocycles. The largest absolute Gasteiger partial charge is 0.457 e. The fraction of sp³-hybridized carbons (Fsp3) is 0.192. The van der Waals surface area contributed by atoms with Crippen molar-refractivity contribution in [3.05, 3.63) is 83.9 Å². The van der Waals surface area contributed by atoms with E-state index >= 15 is 0 Å². The number of hydrogen-bond acceptors (Lipinski definition) is 5. The summed E-state index contributed by atoms with van der Waals surface area (Å²) in [5.74, 6) is 0.786. The summed E-state index contributed by atoms with van der Waals surface area (Å²) in [6, 6.07) is 16.3. The number of amides is 2. The van der Waals surface area contributed by atoms with Gasteiger partial charge in [-0.05, 0) is 42.8 Å². The van der Waals surface area contributed by atoms with E-state index in [1.165, 1.54) is 24.4 Å². The molecule has 2 aromatic heterocycles. The number of rotatable bonds is 5. The Morgan fingerprint density at radius 2 is 1.80 bits per heavy atom. The monoisotopic (exact) mass is 474 g/mol. The highest BCUT2D eigenvalue weighted by Gasteiger charge is 2.22. The van der Waals surface area contributed by atoms with Crippen LogP contribution in [0.25, 0.3) is 5.69 Å². The Kier molecular flexibility index (Phi) is 6.42. The van der Waals surface area contributed by atoms with Gasteiger partial charge in [-0.25, -0.2) is 18.9 Å². The minimum absolute atomic E-state index is 0.00163. The van der Waals surface area contributed by atoms with Gasteiger partial charge in [-0.15, -0.1) is 0 Å². The highest BCUT2D eigenvalue weighted by atomic mass is 19.1. The van der Waals surface area contributed by atoms with E-state index in [0.717, 1.165) is 16.9 Å². The lowest BCUT2D eigenvalue weighted by Crippen LogP contribution is -2.22. The number of nitrogens with zero attached hydrogens (tertiary/aromatic N) is 3. The van der Waals surface area contributed by atoms with Gasteiger partial charge in [0.25, 0.3) is 0 Å². The summed E-state index contributed by atoms with van der Waals surface area (Å²) in [7, 11) is 0. The quantitative estimate of drug-likeness (QED) is 0.327. The minimum atomic E-state index is -0.651. The van der Waals surface area contributed by atoms with Crippen molar-refractivity contribution in [2.75, 3.05) is 16.4 Å². The number of urea groups is 1. The van der Waals surface area contributed by atoms with Crippen LogP contribution in [0.5, 0.6) is 11.5 Å². The van der Waals surface area contributed by atoms with Crippen LogP contribution in [0.1, 0.15) is 32.0 Å². The highest BCUT2D eigenvalue weighted by molar-refractivity contribution is 5.99. The number of benzene rings is 2. The molecule has 0 spiro atoms. The molecular weight excluding hydrogens is 447 g/mol. The maximum absolute atomic E-state index is 14.7. The number of anilines is 3. The number of nitrogens with one attached hydrogen (secondary N) is 2. The molecule has 0 radical (unpaired) electrons. The van der Waals surface area contributed by atoms with E-state index in [9.17, 15) is 9.18 Å². The van der Waals surface area contributed by atoms with Gasteiger partial charge in [-0.3, -0.25) is 5.32 Å². The normalized spacial score (nSPS) is 11.2. The lowest BCUT2D eigenvalue weighted by Gasteiger charge is -2.14. The number of hydrogen-bond donors (Lipinski definition) is 3. The Labute approximate surface area is 202 Å². The number of carbonyl (C=O) groups is 1. The lowest BCUT2D eigenvalue weighted by molar-refractivity contribution is 0.262. The maximum Gasteiger partial charge on any atom is 0.324 e. The molecule has 180 valence electrons. The fourth-order valence-electron chi connectivity index (χ4n) is 3.35. The number of nitrogen functional groups attached to an aromatic ring is 1. The summed E-state index contributed by atoms with van der Waals surface area (Å²) in [6.07, 6.45) is 1.49. The summed E-state index contributed by atoms with van der Waals surface area (Å²) in [4.78, 5) is 16.7. The first-order chi connectivity index (χ1) is 16.6. The summed E-state index contributed by atoms with van der Waals surface area (Å²) in [6.45, 7) is 8.11. The van der Waals surface area contributed by atoms with Gasteiger partial charge in [-0.1, -0.05) is 32.9 Å². The van der Waals surface area contributed by atoms with Crippen LogP contribution in [-0.4, -0.2) is 20.8 Å². The smallest absolute Gasteiger partial charge is 0.324 e. The first-order valence-electron chi connectivity index (χ1n) is 11.0. The molecule has 4 rings (SSSR count). The van der Waals surface area contributed by atoms with Crippen molar-refractivity contribution in [1.82, 2.24) is 14.8 Å². The fourth-order valence-corrected chi connectivity index (χ4v) is 3.35. The number of carbonyl (C=O) groups excluding carboxylic acids is 1. The molecule has 0 atom stereocenters. The SMILES string of the molecule is Cc1cccc(-n2nc(C(C)(C)C)cc2NC(=O)Nc2ccc(Oc3ccnc(N)c3)cc2F)c1. The number of aromatic nitrogens is 3. The van der Waals surface area contributed by atoms with Crippen LogP contribution in [0.4, 0.5) is 26.5 Å². The zero-order valence-electron chi connectivity index (χ0n) is 20.0. The molecule has 0 aliphatic rings. The predicted octanol–water partition coefficient (Wildman–Crippen LogP) is 6.03. The zero-order chi connectivity index (χ0) is 25.2. The summed E-state index contributed by atoms with van der Waals surface area (Å²) < 4.78 is 22.0.